The van der Waals surface area contributed by atoms with Crippen molar-refractivity contribution in [2.45, 2.75) is 20.0 Å². The van der Waals surface area contributed by atoms with Crippen molar-refractivity contribution in [2.24, 2.45) is 0 Å². The van der Waals surface area contributed by atoms with E-state index < -0.39 is 5.97 Å². The summed E-state index contributed by atoms with van der Waals surface area (Å²) >= 11 is 0. The van der Waals surface area contributed by atoms with Gasteiger partial charge in [0.05, 0.1) is 5.56 Å². The summed E-state index contributed by atoms with van der Waals surface area (Å²) < 4.78 is 0. The Bertz CT molecular complexity index is 608. The number of benzene rings is 2. The molecule has 0 aliphatic rings. The van der Waals surface area contributed by atoms with Crippen molar-refractivity contribution in [1.29, 1.82) is 0 Å². The summed E-state index contributed by atoms with van der Waals surface area (Å²) in [6.07, 6.45) is 0. The summed E-state index contributed by atoms with van der Waals surface area (Å²) in [5.41, 5.74) is 9.17. The minimum atomic E-state index is -0.895. The Balaban J connectivity index is 2.03. The van der Waals surface area contributed by atoms with E-state index in [1.54, 1.807) is 12.1 Å². The van der Waals surface area contributed by atoms with E-state index in [-0.39, 0.29) is 0 Å². The number of nitrogens with zero attached hydrogens (tertiary/aromatic N) is 1. The fraction of sp³-hybridized carbons (Fsp3) is 0.235. The van der Waals surface area contributed by atoms with Crippen LogP contribution in [0.3, 0.4) is 0 Å². The zero-order chi connectivity index (χ0) is 15.2. The van der Waals surface area contributed by atoms with Gasteiger partial charge >= 0.3 is 5.97 Å². The molecule has 2 aromatic rings. The number of nitrogens with two attached hydrogens (primary N) is 1. The van der Waals surface area contributed by atoms with Crippen molar-refractivity contribution in [2.75, 3.05) is 12.3 Å². The Hall–Kier alpha value is -2.33. The number of carboxylic acids is 1. The van der Waals surface area contributed by atoms with Crippen LogP contribution in [-0.2, 0) is 13.1 Å². The Kier molecular flexibility index (Phi) is 4.95. The quantitative estimate of drug-likeness (QED) is 0.800. The average molecular weight is 284 g/mol. The molecule has 0 radical (unpaired) electrons. The molecule has 2 rings (SSSR count). The second kappa shape index (κ2) is 6.90. The highest BCUT2D eigenvalue weighted by atomic mass is 16.4. The Labute approximate surface area is 124 Å². The SMILES string of the molecule is CCN(Cc1ccc(C(=O)O)cc1)Cc1cccc(N)c1. The maximum absolute atomic E-state index is 10.8. The van der Waals surface area contributed by atoms with E-state index in [9.17, 15) is 4.79 Å². The topological polar surface area (TPSA) is 66.6 Å². The second-order valence-electron chi connectivity index (χ2n) is 5.05. The Morgan fingerprint density at radius 1 is 1.10 bits per heavy atom. The summed E-state index contributed by atoms with van der Waals surface area (Å²) in [7, 11) is 0. The molecule has 0 unspecified atom stereocenters. The van der Waals surface area contributed by atoms with Gasteiger partial charge in [-0.3, -0.25) is 4.90 Å². The summed E-state index contributed by atoms with van der Waals surface area (Å²) in [6.45, 7) is 4.63. The van der Waals surface area contributed by atoms with Gasteiger partial charge < -0.3 is 10.8 Å². The van der Waals surface area contributed by atoms with Crippen molar-refractivity contribution >= 4 is 11.7 Å². The fourth-order valence-electron chi connectivity index (χ4n) is 2.24. The summed E-state index contributed by atoms with van der Waals surface area (Å²) in [5, 5.41) is 8.90. The smallest absolute Gasteiger partial charge is 0.335 e. The van der Waals surface area contributed by atoms with E-state index in [1.165, 1.54) is 5.56 Å². The molecule has 0 aromatic heterocycles. The normalized spacial score (nSPS) is 10.8. The van der Waals surface area contributed by atoms with E-state index in [0.717, 1.165) is 30.9 Å². The first-order valence-electron chi connectivity index (χ1n) is 6.97. The van der Waals surface area contributed by atoms with Gasteiger partial charge in [-0.25, -0.2) is 4.79 Å². The van der Waals surface area contributed by atoms with E-state index in [2.05, 4.69) is 17.9 Å². The van der Waals surface area contributed by atoms with Crippen molar-refractivity contribution < 1.29 is 9.90 Å². The molecule has 0 aliphatic carbocycles. The van der Waals surface area contributed by atoms with Crippen LogP contribution in [0.1, 0.15) is 28.4 Å². The monoisotopic (exact) mass is 284 g/mol. The van der Waals surface area contributed by atoms with Crippen LogP contribution < -0.4 is 5.73 Å². The molecular formula is C17H20N2O2. The largest absolute Gasteiger partial charge is 0.478 e. The van der Waals surface area contributed by atoms with Crippen LogP contribution in [0.4, 0.5) is 5.69 Å². The number of rotatable bonds is 6. The Morgan fingerprint density at radius 2 is 1.76 bits per heavy atom. The van der Waals surface area contributed by atoms with Crippen molar-refractivity contribution in [1.82, 2.24) is 4.90 Å². The third-order valence-corrected chi connectivity index (χ3v) is 3.41. The summed E-state index contributed by atoms with van der Waals surface area (Å²) in [5.74, 6) is -0.895. The average Bonchev–Trinajstić information content (AvgIpc) is 2.47. The molecule has 2 aromatic carbocycles. The number of carbonyl (C=O) groups is 1. The molecule has 0 atom stereocenters. The zero-order valence-corrected chi connectivity index (χ0v) is 12.1. The molecule has 0 aliphatic heterocycles. The first-order chi connectivity index (χ1) is 10.1. The minimum absolute atomic E-state index is 0.317. The lowest BCUT2D eigenvalue weighted by atomic mass is 10.1. The van der Waals surface area contributed by atoms with Crippen molar-refractivity contribution in [3.63, 3.8) is 0 Å². The molecule has 0 spiro atoms. The van der Waals surface area contributed by atoms with E-state index in [0.29, 0.717) is 5.56 Å². The lowest BCUT2D eigenvalue weighted by molar-refractivity contribution is 0.0697. The molecule has 0 bridgehead atoms. The van der Waals surface area contributed by atoms with Gasteiger partial charge in [0.25, 0.3) is 0 Å². The van der Waals surface area contributed by atoms with Gasteiger partial charge in [-0.05, 0) is 41.9 Å². The van der Waals surface area contributed by atoms with Crippen LogP contribution in [0.15, 0.2) is 48.5 Å². The first kappa shape index (κ1) is 15.1. The molecule has 21 heavy (non-hydrogen) atoms. The predicted octanol–water partition coefficient (Wildman–Crippen LogP) is 2.99. The van der Waals surface area contributed by atoms with Crippen LogP contribution in [-0.4, -0.2) is 22.5 Å². The van der Waals surface area contributed by atoms with Gasteiger partial charge in [0, 0.05) is 18.8 Å². The highest BCUT2D eigenvalue weighted by molar-refractivity contribution is 5.87. The van der Waals surface area contributed by atoms with Gasteiger partial charge in [-0.2, -0.15) is 0 Å². The lowest BCUT2D eigenvalue weighted by Gasteiger charge is -2.21. The standard InChI is InChI=1S/C17H20N2O2/c1-2-19(12-14-4-3-5-16(18)10-14)11-13-6-8-15(9-7-13)17(20)21/h3-10H,2,11-12,18H2,1H3,(H,20,21). The van der Waals surface area contributed by atoms with E-state index in [4.69, 9.17) is 10.8 Å². The summed E-state index contributed by atoms with van der Waals surface area (Å²) in [6, 6.07) is 14.9. The van der Waals surface area contributed by atoms with Gasteiger partial charge in [-0.15, -0.1) is 0 Å². The van der Waals surface area contributed by atoms with Crippen LogP contribution in [0.5, 0.6) is 0 Å². The Morgan fingerprint density at radius 3 is 2.33 bits per heavy atom. The van der Waals surface area contributed by atoms with Gasteiger partial charge in [0.2, 0.25) is 0 Å². The molecular weight excluding hydrogens is 264 g/mol. The maximum Gasteiger partial charge on any atom is 0.335 e. The molecule has 110 valence electrons. The van der Waals surface area contributed by atoms with Crippen molar-refractivity contribution in [3.05, 3.63) is 65.2 Å². The van der Waals surface area contributed by atoms with Crippen LogP contribution in [0.25, 0.3) is 0 Å². The lowest BCUT2D eigenvalue weighted by Crippen LogP contribution is -2.22. The number of aromatic carboxylic acids is 1. The molecule has 0 saturated heterocycles. The van der Waals surface area contributed by atoms with Crippen LogP contribution >= 0.6 is 0 Å². The minimum Gasteiger partial charge on any atom is -0.478 e. The number of anilines is 1. The second-order valence-corrected chi connectivity index (χ2v) is 5.05. The highest BCUT2D eigenvalue weighted by Gasteiger charge is 2.07. The summed E-state index contributed by atoms with van der Waals surface area (Å²) in [4.78, 5) is 13.1. The number of nitrogen functional groups attached to an aromatic ring is 1. The van der Waals surface area contributed by atoms with Gasteiger partial charge in [0.15, 0.2) is 0 Å². The van der Waals surface area contributed by atoms with E-state index >= 15 is 0 Å². The molecule has 4 nitrogen and oxygen atoms in total. The predicted molar refractivity (Wildman–Crippen MR) is 84.0 cm³/mol. The van der Waals surface area contributed by atoms with Crippen molar-refractivity contribution in [3.8, 4) is 0 Å². The molecule has 0 saturated carbocycles. The van der Waals surface area contributed by atoms with Gasteiger partial charge in [-0.1, -0.05) is 31.2 Å². The molecule has 0 fully saturated rings. The van der Waals surface area contributed by atoms with E-state index in [1.807, 2.05) is 30.3 Å². The highest BCUT2D eigenvalue weighted by Crippen LogP contribution is 2.13. The zero-order valence-electron chi connectivity index (χ0n) is 12.1. The van der Waals surface area contributed by atoms with Crippen LogP contribution in [0.2, 0.25) is 0 Å². The third kappa shape index (κ3) is 4.33. The first-order valence-corrected chi connectivity index (χ1v) is 6.97. The molecule has 0 amide bonds. The number of carboxylic acid groups (broad SMARTS) is 1. The number of hydrogen-bond acceptors (Lipinski definition) is 3. The number of hydrogen-bond donors (Lipinski definition) is 2. The third-order valence-electron chi connectivity index (χ3n) is 3.41. The maximum atomic E-state index is 10.8. The van der Waals surface area contributed by atoms with Crippen LogP contribution in [0, 0.1) is 0 Å². The molecule has 0 heterocycles. The molecule has 4 heteroatoms. The van der Waals surface area contributed by atoms with Gasteiger partial charge in [0.1, 0.15) is 0 Å². The molecule has 3 N–H and O–H groups in total. The fourth-order valence-corrected chi connectivity index (χ4v) is 2.24.